The van der Waals surface area contributed by atoms with Crippen LogP contribution in [-0.2, 0) is 0 Å². The minimum atomic E-state index is -0.539. The Morgan fingerprint density at radius 2 is 1.88 bits per heavy atom. The number of hydrogen-bond acceptors (Lipinski definition) is 4. The second kappa shape index (κ2) is 7.11. The van der Waals surface area contributed by atoms with E-state index in [2.05, 4.69) is 10.6 Å². The number of thiophene rings is 1. The number of nitrogens with two attached hydrogens (primary N) is 1. The molecule has 0 aliphatic carbocycles. The number of rotatable bonds is 4. The Morgan fingerprint density at radius 3 is 2.54 bits per heavy atom. The first kappa shape index (κ1) is 16.6. The lowest BCUT2D eigenvalue weighted by atomic mass is 9.86. The van der Waals surface area contributed by atoms with Crippen LogP contribution in [0, 0.1) is 5.82 Å². The molecule has 4 N–H and O–H groups in total. The molecule has 2 amide bonds. The van der Waals surface area contributed by atoms with Crippen LogP contribution in [0.5, 0.6) is 0 Å². The van der Waals surface area contributed by atoms with E-state index in [1.165, 1.54) is 12.1 Å². The van der Waals surface area contributed by atoms with E-state index in [4.69, 9.17) is 5.73 Å². The summed E-state index contributed by atoms with van der Waals surface area (Å²) in [4.78, 5) is 24.4. The molecule has 0 bridgehead atoms. The van der Waals surface area contributed by atoms with Gasteiger partial charge < -0.3 is 16.4 Å². The van der Waals surface area contributed by atoms with Crippen molar-refractivity contribution >= 4 is 23.2 Å². The summed E-state index contributed by atoms with van der Waals surface area (Å²) in [6, 6.07) is 9.46. The topological polar surface area (TPSA) is 84.2 Å². The summed E-state index contributed by atoms with van der Waals surface area (Å²) in [5, 5.41) is 6.28. The van der Waals surface area contributed by atoms with Crippen molar-refractivity contribution in [3.8, 4) is 0 Å². The fraction of sp³-hybridized carbons (Fsp3) is 0.294. The lowest BCUT2D eigenvalue weighted by Gasteiger charge is -2.33. The van der Waals surface area contributed by atoms with E-state index in [0.29, 0.717) is 16.3 Å². The zero-order valence-electron chi connectivity index (χ0n) is 12.9. The van der Waals surface area contributed by atoms with Crippen LogP contribution in [-0.4, -0.2) is 30.9 Å². The Hall–Kier alpha value is -2.25. The smallest absolute Gasteiger partial charge is 0.261 e. The van der Waals surface area contributed by atoms with Gasteiger partial charge in [-0.2, -0.15) is 0 Å². The summed E-state index contributed by atoms with van der Waals surface area (Å²) in [7, 11) is 0. The molecule has 2 aromatic rings. The zero-order chi connectivity index (χ0) is 17.1. The van der Waals surface area contributed by atoms with Gasteiger partial charge in [0.05, 0.1) is 9.75 Å². The first-order chi connectivity index (χ1) is 11.5. The number of primary amides is 1. The first-order valence-electron chi connectivity index (χ1n) is 7.71. The summed E-state index contributed by atoms with van der Waals surface area (Å²) < 4.78 is 13.1. The van der Waals surface area contributed by atoms with Crippen molar-refractivity contribution in [2.45, 2.75) is 18.4 Å². The Balaban J connectivity index is 1.74. The highest BCUT2D eigenvalue weighted by Crippen LogP contribution is 2.26. The summed E-state index contributed by atoms with van der Waals surface area (Å²) in [6.45, 7) is 1.49. The molecule has 2 atom stereocenters. The number of hydrogen-bond donors (Lipinski definition) is 3. The molecule has 1 aliphatic heterocycles. The van der Waals surface area contributed by atoms with Gasteiger partial charge in [-0.15, -0.1) is 11.3 Å². The summed E-state index contributed by atoms with van der Waals surface area (Å²) >= 11 is 1.08. The molecular weight excluding hydrogens is 329 g/mol. The Bertz CT molecular complexity index is 745. The van der Waals surface area contributed by atoms with Gasteiger partial charge in [0, 0.05) is 18.5 Å². The molecular formula is C17H18FN3O2S. The molecule has 0 spiro atoms. The molecule has 3 rings (SSSR count). The molecule has 1 aliphatic rings. The average Bonchev–Trinajstić information content (AvgIpc) is 3.07. The molecule has 5 nitrogen and oxygen atoms in total. The number of carbonyl (C=O) groups excluding carboxylic acids is 2. The van der Waals surface area contributed by atoms with Crippen LogP contribution in [0.2, 0.25) is 0 Å². The summed E-state index contributed by atoms with van der Waals surface area (Å²) in [6.07, 6.45) is 0.855. The van der Waals surface area contributed by atoms with E-state index < -0.39 is 5.91 Å². The molecule has 7 heteroatoms. The molecule has 0 radical (unpaired) electrons. The number of amides is 2. The van der Waals surface area contributed by atoms with Gasteiger partial charge in [0.2, 0.25) is 0 Å². The van der Waals surface area contributed by atoms with Crippen LogP contribution in [0.1, 0.15) is 37.2 Å². The van der Waals surface area contributed by atoms with Crippen molar-refractivity contribution in [3.05, 3.63) is 57.5 Å². The monoisotopic (exact) mass is 347 g/mol. The van der Waals surface area contributed by atoms with Gasteiger partial charge in [0.1, 0.15) is 5.82 Å². The third-order valence-electron chi connectivity index (χ3n) is 4.17. The largest absolute Gasteiger partial charge is 0.365 e. The quantitative estimate of drug-likeness (QED) is 0.789. The van der Waals surface area contributed by atoms with Crippen LogP contribution in [0.3, 0.4) is 0 Å². The van der Waals surface area contributed by atoms with Gasteiger partial charge in [-0.3, -0.25) is 9.59 Å². The summed E-state index contributed by atoms with van der Waals surface area (Å²) in [5.41, 5.74) is 6.23. The van der Waals surface area contributed by atoms with Gasteiger partial charge in [-0.1, -0.05) is 12.1 Å². The highest BCUT2D eigenvalue weighted by molar-refractivity contribution is 7.15. The highest BCUT2D eigenvalue weighted by atomic mass is 32.1. The minimum Gasteiger partial charge on any atom is -0.365 e. The van der Waals surface area contributed by atoms with Crippen LogP contribution in [0.25, 0.3) is 0 Å². The third kappa shape index (κ3) is 3.63. The van der Waals surface area contributed by atoms with E-state index in [9.17, 15) is 14.0 Å². The van der Waals surface area contributed by atoms with Gasteiger partial charge in [-0.05, 0) is 42.8 Å². The number of carbonyl (C=O) groups is 2. The van der Waals surface area contributed by atoms with Crippen molar-refractivity contribution in [1.82, 2.24) is 10.6 Å². The van der Waals surface area contributed by atoms with E-state index in [-0.39, 0.29) is 23.7 Å². The van der Waals surface area contributed by atoms with Gasteiger partial charge in [0.25, 0.3) is 11.8 Å². The maximum absolute atomic E-state index is 13.1. The normalized spacial score (nSPS) is 20.5. The zero-order valence-corrected chi connectivity index (χ0v) is 13.7. The lowest BCUT2D eigenvalue weighted by Crippen LogP contribution is -2.49. The van der Waals surface area contributed by atoms with Crippen LogP contribution >= 0.6 is 11.3 Å². The second-order valence-corrected chi connectivity index (χ2v) is 6.84. The fourth-order valence-electron chi connectivity index (χ4n) is 2.95. The minimum absolute atomic E-state index is 0.101. The molecule has 2 unspecified atom stereocenters. The second-order valence-electron chi connectivity index (χ2n) is 5.76. The van der Waals surface area contributed by atoms with Crippen LogP contribution < -0.4 is 16.4 Å². The number of nitrogens with one attached hydrogen (secondary N) is 2. The average molecular weight is 347 g/mol. The number of benzene rings is 1. The maximum Gasteiger partial charge on any atom is 0.261 e. The lowest BCUT2D eigenvalue weighted by molar-refractivity contribution is 0.0928. The molecule has 1 aromatic carbocycles. The molecule has 1 saturated heterocycles. The summed E-state index contributed by atoms with van der Waals surface area (Å²) in [5.74, 6) is -0.923. The van der Waals surface area contributed by atoms with Gasteiger partial charge in [-0.25, -0.2) is 4.39 Å². The Morgan fingerprint density at radius 1 is 1.17 bits per heavy atom. The van der Waals surface area contributed by atoms with Crippen molar-refractivity contribution < 1.29 is 14.0 Å². The predicted octanol–water partition coefficient (Wildman–Crippen LogP) is 1.86. The number of halogens is 1. The molecule has 2 heterocycles. The molecule has 126 valence electrons. The Labute approximate surface area is 143 Å². The predicted molar refractivity (Wildman–Crippen MR) is 90.7 cm³/mol. The third-order valence-corrected chi connectivity index (χ3v) is 5.27. The van der Waals surface area contributed by atoms with Crippen LogP contribution in [0.15, 0.2) is 36.4 Å². The van der Waals surface area contributed by atoms with Crippen LogP contribution in [0.4, 0.5) is 4.39 Å². The highest BCUT2D eigenvalue weighted by Gasteiger charge is 2.28. The van der Waals surface area contributed by atoms with Crippen molar-refractivity contribution in [1.29, 1.82) is 0 Å². The van der Waals surface area contributed by atoms with E-state index in [0.717, 1.165) is 29.9 Å². The molecule has 1 aromatic heterocycles. The standard InChI is InChI=1S/C17H18FN3O2S/c18-11-3-1-10(2-4-11)12-7-8-20-9-13(12)21-17(23)15-6-5-14(24-15)16(19)22/h1-6,12-13,20H,7-9H2,(H2,19,22)(H,21,23). The van der Waals surface area contributed by atoms with E-state index in [1.807, 2.05) is 0 Å². The van der Waals surface area contributed by atoms with Gasteiger partial charge >= 0.3 is 0 Å². The van der Waals surface area contributed by atoms with Crippen molar-refractivity contribution in [2.75, 3.05) is 13.1 Å². The van der Waals surface area contributed by atoms with E-state index in [1.54, 1.807) is 24.3 Å². The van der Waals surface area contributed by atoms with E-state index >= 15 is 0 Å². The molecule has 1 fully saturated rings. The molecule has 24 heavy (non-hydrogen) atoms. The van der Waals surface area contributed by atoms with Crippen molar-refractivity contribution in [2.24, 2.45) is 5.73 Å². The maximum atomic E-state index is 13.1. The number of piperidine rings is 1. The first-order valence-corrected chi connectivity index (χ1v) is 8.53. The van der Waals surface area contributed by atoms with Crippen molar-refractivity contribution in [3.63, 3.8) is 0 Å². The molecule has 0 saturated carbocycles. The SMILES string of the molecule is NC(=O)c1ccc(C(=O)NC2CNCCC2c2ccc(F)cc2)s1. The van der Waals surface area contributed by atoms with Gasteiger partial charge in [0.15, 0.2) is 0 Å². The fourth-order valence-corrected chi connectivity index (χ4v) is 3.71. The Kier molecular flexibility index (Phi) is 4.92.